The summed E-state index contributed by atoms with van der Waals surface area (Å²) in [5.41, 5.74) is -3.19. The zero-order chi connectivity index (χ0) is 21.2. The largest absolute Gasteiger partial charge is 0.507 e. The number of Topliss-reactive ketones (excluding diaryl/α,β-unsaturated/α-hetero) is 1. The molecule has 0 aromatic heterocycles. The maximum absolute atomic E-state index is 13.1. The summed E-state index contributed by atoms with van der Waals surface area (Å²) >= 11 is 0. The number of fused-ring (bicyclic) bond motifs is 3. The number of aliphatic hydroxyl groups is 2. The fourth-order valence-electron chi connectivity index (χ4n) is 4.21. The Morgan fingerprint density at radius 1 is 1.10 bits per heavy atom. The standard InChI is InChI=1S/C21H18O8/c1-8(22)21(28)6-10-13(11(23)7-21)19(26)16-15(18(10)25)17(24)9-4-3-5-12(29-2)14(9)20(16)27/h3-5,11,23,25-26,28H,6-7H2,1-2H3/t11-,21-/m1/s1. The molecule has 8 heteroatoms. The minimum Gasteiger partial charge on any atom is -0.507 e. The van der Waals surface area contributed by atoms with E-state index < -0.39 is 64.5 Å². The van der Waals surface area contributed by atoms with Crippen LogP contribution in [0.4, 0.5) is 0 Å². The quantitative estimate of drug-likeness (QED) is 0.472. The van der Waals surface area contributed by atoms with Crippen molar-refractivity contribution in [2.24, 2.45) is 0 Å². The van der Waals surface area contributed by atoms with Crippen LogP contribution in [0.5, 0.6) is 17.2 Å². The van der Waals surface area contributed by atoms with Gasteiger partial charge in [0.1, 0.15) is 22.8 Å². The molecular weight excluding hydrogens is 380 g/mol. The average Bonchev–Trinajstić information content (AvgIpc) is 2.67. The average molecular weight is 398 g/mol. The molecule has 150 valence electrons. The Hall–Kier alpha value is -3.23. The molecule has 2 aliphatic carbocycles. The maximum Gasteiger partial charge on any atom is 0.202 e. The van der Waals surface area contributed by atoms with Crippen molar-refractivity contribution < 1.29 is 39.5 Å². The van der Waals surface area contributed by atoms with E-state index in [1.165, 1.54) is 25.3 Å². The van der Waals surface area contributed by atoms with Gasteiger partial charge >= 0.3 is 0 Å². The van der Waals surface area contributed by atoms with Gasteiger partial charge in [-0.05, 0) is 13.0 Å². The smallest absolute Gasteiger partial charge is 0.202 e. The lowest BCUT2D eigenvalue weighted by Gasteiger charge is -2.36. The van der Waals surface area contributed by atoms with Crippen LogP contribution in [0, 0.1) is 0 Å². The number of ketones is 3. The van der Waals surface area contributed by atoms with E-state index in [4.69, 9.17) is 4.74 Å². The molecule has 4 rings (SSSR count). The Morgan fingerprint density at radius 3 is 2.38 bits per heavy atom. The van der Waals surface area contributed by atoms with Gasteiger partial charge in [-0.3, -0.25) is 14.4 Å². The third-order valence-corrected chi connectivity index (χ3v) is 5.75. The molecule has 0 spiro atoms. The second-order valence-electron chi connectivity index (χ2n) is 7.36. The summed E-state index contributed by atoms with van der Waals surface area (Å²) in [5.74, 6) is -3.23. The highest BCUT2D eigenvalue weighted by Gasteiger charge is 2.47. The van der Waals surface area contributed by atoms with Gasteiger partial charge < -0.3 is 25.2 Å². The summed E-state index contributed by atoms with van der Waals surface area (Å²) in [6.45, 7) is 1.14. The van der Waals surface area contributed by atoms with Crippen molar-refractivity contribution in [3.63, 3.8) is 0 Å². The van der Waals surface area contributed by atoms with Crippen LogP contribution in [0.1, 0.15) is 62.4 Å². The van der Waals surface area contributed by atoms with Crippen LogP contribution in [0.2, 0.25) is 0 Å². The summed E-state index contributed by atoms with van der Waals surface area (Å²) in [6.07, 6.45) is -2.34. The predicted octanol–water partition coefficient (Wildman–Crippen LogP) is 1.18. The van der Waals surface area contributed by atoms with Crippen LogP contribution >= 0.6 is 0 Å². The van der Waals surface area contributed by atoms with Gasteiger partial charge in [0.25, 0.3) is 0 Å². The van der Waals surface area contributed by atoms with Gasteiger partial charge in [0, 0.05) is 29.5 Å². The molecule has 0 bridgehead atoms. The molecule has 0 heterocycles. The number of hydrogen-bond donors (Lipinski definition) is 4. The monoisotopic (exact) mass is 398 g/mol. The zero-order valence-corrected chi connectivity index (χ0v) is 15.6. The SMILES string of the molecule is COc1cccc2c1C(=O)c1c(O)c3c(c(O)c1C2=O)C[C@](O)(C(C)=O)C[C@H]3O. The number of hydrogen-bond acceptors (Lipinski definition) is 8. The van der Waals surface area contributed by atoms with Gasteiger partial charge in [0.2, 0.25) is 5.78 Å². The Labute approximate surface area is 165 Å². The Balaban J connectivity index is 2.04. The summed E-state index contributed by atoms with van der Waals surface area (Å²) in [6, 6.07) is 4.41. The first-order valence-corrected chi connectivity index (χ1v) is 8.91. The molecule has 4 N–H and O–H groups in total. The number of ether oxygens (including phenoxy) is 1. The first kappa shape index (κ1) is 19.1. The third kappa shape index (κ3) is 2.43. The van der Waals surface area contributed by atoms with Crippen molar-refractivity contribution in [3.05, 3.63) is 51.6 Å². The van der Waals surface area contributed by atoms with Crippen molar-refractivity contribution in [1.82, 2.24) is 0 Å². The molecule has 0 fully saturated rings. The normalized spacial score (nSPS) is 22.6. The van der Waals surface area contributed by atoms with Crippen molar-refractivity contribution in [2.75, 3.05) is 7.11 Å². The van der Waals surface area contributed by atoms with E-state index in [-0.39, 0.29) is 28.0 Å². The predicted molar refractivity (Wildman–Crippen MR) is 98.5 cm³/mol. The summed E-state index contributed by atoms with van der Waals surface area (Å²) in [4.78, 5) is 38.1. The maximum atomic E-state index is 13.1. The first-order valence-electron chi connectivity index (χ1n) is 8.91. The summed E-state index contributed by atoms with van der Waals surface area (Å²) in [7, 11) is 1.33. The molecule has 0 unspecified atom stereocenters. The number of aliphatic hydroxyl groups excluding tert-OH is 1. The van der Waals surface area contributed by atoms with Crippen LogP contribution in [-0.4, -0.2) is 50.5 Å². The Bertz CT molecular complexity index is 1120. The number of methoxy groups -OCH3 is 1. The number of carbonyl (C=O) groups is 3. The number of rotatable bonds is 2. The molecule has 0 radical (unpaired) electrons. The van der Waals surface area contributed by atoms with E-state index in [1.807, 2.05) is 0 Å². The highest BCUT2D eigenvalue weighted by molar-refractivity contribution is 6.31. The van der Waals surface area contributed by atoms with Crippen LogP contribution in [0.3, 0.4) is 0 Å². The fraction of sp³-hybridized carbons (Fsp3) is 0.286. The van der Waals surface area contributed by atoms with E-state index in [0.717, 1.165) is 6.92 Å². The van der Waals surface area contributed by atoms with Gasteiger partial charge in [-0.1, -0.05) is 12.1 Å². The molecule has 0 saturated carbocycles. The summed E-state index contributed by atoms with van der Waals surface area (Å²) in [5, 5.41) is 42.7. The van der Waals surface area contributed by atoms with E-state index in [0.29, 0.717) is 0 Å². The van der Waals surface area contributed by atoms with Crippen molar-refractivity contribution in [3.8, 4) is 17.2 Å². The highest BCUT2D eigenvalue weighted by Crippen LogP contribution is 2.50. The van der Waals surface area contributed by atoms with Crippen LogP contribution in [0.15, 0.2) is 18.2 Å². The fourth-order valence-corrected chi connectivity index (χ4v) is 4.21. The minimum atomic E-state index is -1.96. The van der Waals surface area contributed by atoms with Gasteiger partial charge in [-0.25, -0.2) is 0 Å². The van der Waals surface area contributed by atoms with Crippen LogP contribution in [-0.2, 0) is 11.2 Å². The molecule has 29 heavy (non-hydrogen) atoms. The number of benzene rings is 2. The summed E-state index contributed by atoms with van der Waals surface area (Å²) < 4.78 is 5.17. The van der Waals surface area contributed by atoms with E-state index in [1.54, 1.807) is 0 Å². The highest BCUT2D eigenvalue weighted by atomic mass is 16.5. The van der Waals surface area contributed by atoms with E-state index >= 15 is 0 Å². The van der Waals surface area contributed by atoms with Gasteiger partial charge in [-0.15, -0.1) is 0 Å². The molecule has 2 atom stereocenters. The molecule has 8 nitrogen and oxygen atoms in total. The molecule has 2 aromatic carbocycles. The topological polar surface area (TPSA) is 141 Å². The second kappa shape index (κ2) is 6.13. The van der Waals surface area contributed by atoms with Gasteiger partial charge in [0.15, 0.2) is 11.6 Å². The molecule has 0 saturated heterocycles. The first-order chi connectivity index (χ1) is 13.6. The Morgan fingerprint density at radius 2 is 1.76 bits per heavy atom. The zero-order valence-electron chi connectivity index (χ0n) is 15.6. The molecule has 0 amide bonds. The van der Waals surface area contributed by atoms with Crippen LogP contribution < -0.4 is 4.74 Å². The lowest BCUT2D eigenvalue weighted by molar-refractivity contribution is -0.139. The van der Waals surface area contributed by atoms with Crippen molar-refractivity contribution >= 4 is 17.3 Å². The minimum absolute atomic E-state index is 0.00492. The Kier molecular flexibility index (Phi) is 4.04. The van der Waals surface area contributed by atoms with Gasteiger partial charge in [0.05, 0.1) is 29.9 Å². The lowest BCUT2D eigenvalue weighted by atomic mass is 9.72. The lowest BCUT2D eigenvalue weighted by Crippen LogP contribution is -2.44. The third-order valence-electron chi connectivity index (χ3n) is 5.75. The van der Waals surface area contributed by atoms with Crippen molar-refractivity contribution in [2.45, 2.75) is 31.5 Å². The molecular formula is C21H18O8. The number of phenols is 2. The molecule has 0 aliphatic heterocycles. The second-order valence-corrected chi connectivity index (χ2v) is 7.36. The number of carbonyl (C=O) groups excluding carboxylic acids is 3. The van der Waals surface area contributed by atoms with Gasteiger partial charge in [-0.2, -0.15) is 0 Å². The van der Waals surface area contributed by atoms with E-state index in [2.05, 4.69) is 0 Å². The number of aromatic hydroxyl groups is 2. The molecule has 2 aliphatic rings. The number of phenolic OH excluding ortho intramolecular Hbond substituents is 2. The van der Waals surface area contributed by atoms with Crippen LogP contribution in [0.25, 0.3) is 0 Å². The van der Waals surface area contributed by atoms with E-state index in [9.17, 15) is 34.8 Å². The van der Waals surface area contributed by atoms with Crippen molar-refractivity contribution in [1.29, 1.82) is 0 Å². The molecule has 2 aromatic rings.